The number of aromatic nitrogens is 1. The molecule has 0 fully saturated rings. The summed E-state index contributed by atoms with van der Waals surface area (Å²) in [5, 5.41) is 1.07. The summed E-state index contributed by atoms with van der Waals surface area (Å²) < 4.78 is 0.963. The van der Waals surface area contributed by atoms with Crippen LogP contribution in [0.15, 0.2) is 71.3 Å². The summed E-state index contributed by atoms with van der Waals surface area (Å²) in [7, 11) is 0. The van der Waals surface area contributed by atoms with Gasteiger partial charge in [0.25, 0.3) is 0 Å². The van der Waals surface area contributed by atoms with Gasteiger partial charge < -0.3 is 0 Å². The zero-order valence-corrected chi connectivity index (χ0v) is 12.7. The van der Waals surface area contributed by atoms with Crippen molar-refractivity contribution in [3.63, 3.8) is 0 Å². The average Bonchev–Trinajstić information content (AvgIpc) is 2.53. The maximum Gasteiger partial charge on any atom is 0.185 e. The number of carbonyl (C=O) groups is 1. The van der Waals surface area contributed by atoms with Gasteiger partial charge in [0.2, 0.25) is 0 Å². The standard InChI is InChI=1S/C18H12BrNO/c19-16-7-5-14(6-8-16)18(21)10-4-13-3-9-17-15(12-13)2-1-11-20-17/h1-12H. The summed E-state index contributed by atoms with van der Waals surface area (Å²) in [5.41, 5.74) is 2.62. The number of ketones is 1. The molecule has 0 spiro atoms. The van der Waals surface area contributed by atoms with Crippen LogP contribution in [0.5, 0.6) is 0 Å². The summed E-state index contributed by atoms with van der Waals surface area (Å²) >= 11 is 3.36. The number of nitrogens with zero attached hydrogens (tertiary/aromatic N) is 1. The molecule has 0 saturated heterocycles. The van der Waals surface area contributed by atoms with Gasteiger partial charge in [-0.25, -0.2) is 0 Å². The lowest BCUT2D eigenvalue weighted by molar-refractivity contribution is 0.104. The average molecular weight is 338 g/mol. The molecule has 1 heterocycles. The minimum absolute atomic E-state index is 0.00576. The largest absolute Gasteiger partial charge is 0.289 e. The quantitative estimate of drug-likeness (QED) is 0.503. The number of hydrogen-bond donors (Lipinski definition) is 0. The molecule has 2 aromatic carbocycles. The van der Waals surface area contributed by atoms with Gasteiger partial charge in [-0.15, -0.1) is 0 Å². The Bertz CT molecular complexity index is 822. The lowest BCUT2D eigenvalue weighted by Gasteiger charge is -1.99. The van der Waals surface area contributed by atoms with Crippen LogP contribution >= 0.6 is 15.9 Å². The molecule has 2 nitrogen and oxygen atoms in total. The highest BCUT2D eigenvalue weighted by molar-refractivity contribution is 9.10. The Kier molecular flexibility index (Phi) is 3.93. The summed E-state index contributed by atoms with van der Waals surface area (Å²) in [6, 6.07) is 17.2. The highest BCUT2D eigenvalue weighted by Gasteiger charge is 2.01. The van der Waals surface area contributed by atoms with Crippen LogP contribution in [0, 0.1) is 0 Å². The number of carbonyl (C=O) groups excluding carboxylic acids is 1. The molecular formula is C18H12BrNO. The second-order valence-corrected chi connectivity index (χ2v) is 5.58. The minimum atomic E-state index is -0.00576. The van der Waals surface area contributed by atoms with E-state index in [0.717, 1.165) is 20.9 Å². The van der Waals surface area contributed by atoms with Gasteiger partial charge in [0.15, 0.2) is 5.78 Å². The lowest BCUT2D eigenvalue weighted by atomic mass is 10.1. The molecule has 0 radical (unpaired) electrons. The van der Waals surface area contributed by atoms with Crippen molar-refractivity contribution in [2.75, 3.05) is 0 Å². The SMILES string of the molecule is O=C(C=Cc1ccc2ncccc2c1)c1ccc(Br)cc1. The fraction of sp³-hybridized carbons (Fsp3) is 0. The first-order valence-corrected chi connectivity index (χ1v) is 7.34. The predicted octanol–water partition coefficient (Wildman–Crippen LogP) is 4.89. The first kappa shape index (κ1) is 13.7. The van der Waals surface area contributed by atoms with Crippen molar-refractivity contribution in [2.24, 2.45) is 0 Å². The van der Waals surface area contributed by atoms with Crippen molar-refractivity contribution in [3.8, 4) is 0 Å². The van der Waals surface area contributed by atoms with Gasteiger partial charge in [0, 0.05) is 21.6 Å². The monoisotopic (exact) mass is 337 g/mol. The molecule has 0 saturated carbocycles. The molecule has 21 heavy (non-hydrogen) atoms. The first-order valence-electron chi connectivity index (χ1n) is 6.55. The number of allylic oxidation sites excluding steroid dienone is 1. The van der Waals surface area contributed by atoms with E-state index in [4.69, 9.17) is 0 Å². The Hall–Kier alpha value is -2.26. The molecule has 0 bridgehead atoms. The third-order valence-corrected chi connectivity index (χ3v) is 3.71. The minimum Gasteiger partial charge on any atom is -0.289 e. The Morgan fingerprint density at radius 3 is 2.67 bits per heavy atom. The summed E-state index contributed by atoms with van der Waals surface area (Å²) in [6.07, 6.45) is 5.20. The summed E-state index contributed by atoms with van der Waals surface area (Å²) in [5.74, 6) is -0.00576. The molecule has 1 aromatic heterocycles. The van der Waals surface area contributed by atoms with E-state index in [2.05, 4.69) is 20.9 Å². The zero-order chi connectivity index (χ0) is 14.7. The van der Waals surface area contributed by atoms with E-state index < -0.39 is 0 Å². The molecule has 102 valence electrons. The summed E-state index contributed by atoms with van der Waals surface area (Å²) in [4.78, 5) is 16.4. The molecule has 0 N–H and O–H groups in total. The van der Waals surface area contributed by atoms with Gasteiger partial charge in [0.05, 0.1) is 5.52 Å². The number of pyridine rings is 1. The van der Waals surface area contributed by atoms with Crippen molar-refractivity contribution < 1.29 is 4.79 Å². The Labute approximate surface area is 131 Å². The van der Waals surface area contributed by atoms with E-state index >= 15 is 0 Å². The Morgan fingerprint density at radius 1 is 1.05 bits per heavy atom. The molecule has 0 aliphatic carbocycles. The van der Waals surface area contributed by atoms with Gasteiger partial charge in [-0.2, -0.15) is 0 Å². The summed E-state index contributed by atoms with van der Waals surface area (Å²) in [6.45, 7) is 0. The molecule has 0 aliphatic rings. The van der Waals surface area contributed by atoms with Gasteiger partial charge >= 0.3 is 0 Å². The first-order chi connectivity index (χ1) is 10.2. The number of rotatable bonds is 3. The van der Waals surface area contributed by atoms with Crippen LogP contribution in [0.4, 0.5) is 0 Å². The molecular weight excluding hydrogens is 326 g/mol. The van der Waals surface area contributed by atoms with Crippen molar-refractivity contribution in [1.82, 2.24) is 4.98 Å². The van der Waals surface area contributed by atoms with E-state index in [-0.39, 0.29) is 5.78 Å². The molecule has 3 rings (SSSR count). The fourth-order valence-corrected chi connectivity index (χ4v) is 2.34. The molecule has 0 aliphatic heterocycles. The van der Waals surface area contributed by atoms with Crippen molar-refractivity contribution in [2.45, 2.75) is 0 Å². The number of hydrogen-bond acceptors (Lipinski definition) is 2. The van der Waals surface area contributed by atoms with Crippen LogP contribution in [-0.2, 0) is 0 Å². The second-order valence-electron chi connectivity index (χ2n) is 4.66. The van der Waals surface area contributed by atoms with Crippen LogP contribution in [0.3, 0.4) is 0 Å². The van der Waals surface area contributed by atoms with Crippen LogP contribution in [0.2, 0.25) is 0 Å². The van der Waals surface area contributed by atoms with Crippen LogP contribution in [0.25, 0.3) is 17.0 Å². The normalized spacial score (nSPS) is 11.1. The van der Waals surface area contributed by atoms with Crippen LogP contribution in [-0.4, -0.2) is 10.8 Å². The maximum atomic E-state index is 12.1. The maximum absolute atomic E-state index is 12.1. The third kappa shape index (κ3) is 3.26. The highest BCUT2D eigenvalue weighted by Crippen LogP contribution is 2.15. The van der Waals surface area contributed by atoms with E-state index in [9.17, 15) is 4.79 Å². The van der Waals surface area contributed by atoms with Gasteiger partial charge in [-0.05, 0) is 54.1 Å². The lowest BCUT2D eigenvalue weighted by Crippen LogP contribution is -1.93. The van der Waals surface area contributed by atoms with Gasteiger partial charge in [0.1, 0.15) is 0 Å². The highest BCUT2D eigenvalue weighted by atomic mass is 79.9. The Balaban J connectivity index is 1.83. The fourth-order valence-electron chi connectivity index (χ4n) is 2.08. The smallest absolute Gasteiger partial charge is 0.185 e. The molecule has 0 amide bonds. The third-order valence-electron chi connectivity index (χ3n) is 3.18. The van der Waals surface area contributed by atoms with Crippen LogP contribution in [0.1, 0.15) is 15.9 Å². The van der Waals surface area contributed by atoms with E-state index in [1.807, 2.05) is 48.5 Å². The molecule has 3 heteroatoms. The van der Waals surface area contributed by atoms with Gasteiger partial charge in [-0.3, -0.25) is 9.78 Å². The number of halogens is 1. The molecule has 0 atom stereocenters. The van der Waals surface area contributed by atoms with Crippen molar-refractivity contribution in [3.05, 3.63) is 82.5 Å². The molecule has 3 aromatic rings. The van der Waals surface area contributed by atoms with E-state index in [0.29, 0.717) is 5.56 Å². The zero-order valence-electron chi connectivity index (χ0n) is 11.2. The van der Waals surface area contributed by atoms with Crippen molar-refractivity contribution >= 4 is 38.7 Å². The van der Waals surface area contributed by atoms with Crippen molar-refractivity contribution in [1.29, 1.82) is 0 Å². The molecule has 0 unspecified atom stereocenters. The number of benzene rings is 2. The topological polar surface area (TPSA) is 30.0 Å². The van der Waals surface area contributed by atoms with Crippen LogP contribution < -0.4 is 0 Å². The second kappa shape index (κ2) is 6.02. The van der Waals surface area contributed by atoms with E-state index in [1.54, 1.807) is 24.4 Å². The predicted molar refractivity (Wildman–Crippen MR) is 89.2 cm³/mol. The number of fused-ring (bicyclic) bond motifs is 1. The van der Waals surface area contributed by atoms with Gasteiger partial charge in [-0.1, -0.05) is 34.1 Å². The Morgan fingerprint density at radius 2 is 1.86 bits per heavy atom. The van der Waals surface area contributed by atoms with E-state index in [1.165, 1.54) is 0 Å².